The molecule has 24 heavy (non-hydrogen) atoms. The fourth-order valence-corrected chi connectivity index (χ4v) is 4.65. The zero-order valence-electron chi connectivity index (χ0n) is 14.1. The summed E-state index contributed by atoms with van der Waals surface area (Å²) in [6.45, 7) is 5.70. The maximum absolute atomic E-state index is 12.3. The highest BCUT2D eigenvalue weighted by Crippen LogP contribution is 2.23. The maximum Gasteiger partial charge on any atom is 0.221 e. The van der Waals surface area contributed by atoms with Crippen LogP contribution in [0.5, 0.6) is 0 Å². The van der Waals surface area contributed by atoms with Gasteiger partial charge in [-0.25, -0.2) is 13.4 Å². The predicted molar refractivity (Wildman–Crippen MR) is 93.2 cm³/mol. The van der Waals surface area contributed by atoms with Crippen molar-refractivity contribution in [1.29, 1.82) is 0 Å². The molecule has 1 saturated heterocycles. The number of hydrogen-bond donors (Lipinski definition) is 1. The van der Waals surface area contributed by atoms with E-state index in [-0.39, 0.29) is 24.1 Å². The Kier molecular flexibility index (Phi) is 7.15. The summed E-state index contributed by atoms with van der Waals surface area (Å²) in [5, 5.41) is 5.66. The van der Waals surface area contributed by atoms with Crippen molar-refractivity contribution < 1.29 is 17.9 Å². The van der Waals surface area contributed by atoms with Crippen LogP contribution in [0, 0.1) is 5.92 Å². The zero-order chi connectivity index (χ0) is 17.6. The Morgan fingerprint density at radius 2 is 2.12 bits per heavy atom. The normalized spacial score (nSPS) is 17.8. The zero-order valence-corrected chi connectivity index (χ0v) is 15.7. The number of carbonyl (C=O) groups excluding carboxylic acids is 1. The molecular weight excluding hydrogens is 350 g/mol. The third kappa shape index (κ3) is 5.80. The number of hydrogen-bond acceptors (Lipinski definition) is 6. The van der Waals surface area contributed by atoms with E-state index in [4.69, 9.17) is 4.74 Å². The van der Waals surface area contributed by atoms with Crippen molar-refractivity contribution in [3.63, 3.8) is 0 Å². The van der Waals surface area contributed by atoms with Gasteiger partial charge in [-0.1, -0.05) is 13.8 Å². The lowest BCUT2D eigenvalue weighted by atomic mass is 10.0. The van der Waals surface area contributed by atoms with E-state index < -0.39 is 10.0 Å². The Balaban J connectivity index is 1.88. The van der Waals surface area contributed by atoms with Crippen LogP contribution in [0.4, 0.5) is 0 Å². The van der Waals surface area contributed by atoms with Crippen LogP contribution in [0.2, 0.25) is 0 Å². The molecule has 1 N–H and O–H groups in total. The molecule has 9 heteroatoms. The molecule has 0 aliphatic carbocycles. The second-order valence-electron chi connectivity index (χ2n) is 6.20. The number of thiazole rings is 1. The Morgan fingerprint density at radius 1 is 1.42 bits per heavy atom. The van der Waals surface area contributed by atoms with Crippen molar-refractivity contribution in [2.45, 2.75) is 32.7 Å². The molecule has 0 saturated carbocycles. The van der Waals surface area contributed by atoms with E-state index in [0.29, 0.717) is 32.2 Å². The van der Waals surface area contributed by atoms with Crippen LogP contribution < -0.4 is 5.32 Å². The monoisotopic (exact) mass is 375 g/mol. The van der Waals surface area contributed by atoms with Gasteiger partial charge < -0.3 is 10.1 Å². The van der Waals surface area contributed by atoms with Crippen LogP contribution in [-0.2, 0) is 19.6 Å². The van der Waals surface area contributed by atoms with Gasteiger partial charge in [-0.2, -0.15) is 4.31 Å². The summed E-state index contributed by atoms with van der Waals surface area (Å²) in [5.41, 5.74) is 0. The molecule has 136 valence electrons. The minimum Gasteiger partial charge on any atom is -0.379 e. The molecule has 1 aliphatic heterocycles. The van der Waals surface area contributed by atoms with Gasteiger partial charge in [0.25, 0.3) is 0 Å². The first-order chi connectivity index (χ1) is 11.4. The van der Waals surface area contributed by atoms with E-state index >= 15 is 0 Å². The quantitative estimate of drug-likeness (QED) is 0.742. The lowest BCUT2D eigenvalue weighted by Crippen LogP contribution is -2.42. The molecule has 0 aromatic carbocycles. The number of nitrogens with one attached hydrogen (secondary N) is 1. The Bertz CT molecular complexity index is 611. The standard InChI is InChI=1S/C15H25N3O4S2/c1-12(2)11-13(15-16-4-9-23-15)17-14(19)3-10-24(20,21)18-5-7-22-8-6-18/h4,9,12-13H,3,5-8,10-11H2,1-2H3,(H,17,19). The lowest BCUT2D eigenvalue weighted by Gasteiger charge is -2.26. The summed E-state index contributed by atoms with van der Waals surface area (Å²) in [4.78, 5) is 16.5. The van der Waals surface area contributed by atoms with Gasteiger partial charge in [0.1, 0.15) is 5.01 Å². The van der Waals surface area contributed by atoms with Gasteiger partial charge in [-0.3, -0.25) is 4.79 Å². The molecule has 1 aromatic heterocycles. The van der Waals surface area contributed by atoms with Crippen LogP contribution in [0.3, 0.4) is 0 Å². The van der Waals surface area contributed by atoms with E-state index in [1.165, 1.54) is 15.6 Å². The Hall–Kier alpha value is -1.03. The molecular formula is C15H25N3O4S2. The van der Waals surface area contributed by atoms with Crippen molar-refractivity contribution in [3.8, 4) is 0 Å². The van der Waals surface area contributed by atoms with E-state index in [9.17, 15) is 13.2 Å². The van der Waals surface area contributed by atoms with E-state index in [0.717, 1.165) is 11.4 Å². The van der Waals surface area contributed by atoms with E-state index in [1.54, 1.807) is 6.20 Å². The van der Waals surface area contributed by atoms with Crippen LogP contribution >= 0.6 is 11.3 Å². The van der Waals surface area contributed by atoms with Gasteiger partial charge in [-0.05, 0) is 12.3 Å². The van der Waals surface area contributed by atoms with Crippen molar-refractivity contribution in [1.82, 2.24) is 14.6 Å². The number of morpholine rings is 1. The predicted octanol–water partition coefficient (Wildman–Crippen LogP) is 1.40. The van der Waals surface area contributed by atoms with Gasteiger partial charge >= 0.3 is 0 Å². The maximum atomic E-state index is 12.3. The molecule has 2 heterocycles. The Morgan fingerprint density at radius 3 is 2.71 bits per heavy atom. The average molecular weight is 376 g/mol. The fraction of sp³-hybridized carbons (Fsp3) is 0.733. The molecule has 2 rings (SSSR count). The third-order valence-corrected chi connectivity index (χ3v) is 6.50. The summed E-state index contributed by atoms with van der Waals surface area (Å²) in [7, 11) is -3.41. The number of sulfonamides is 1. The average Bonchev–Trinajstić information content (AvgIpc) is 3.07. The molecule has 1 amide bonds. The van der Waals surface area contributed by atoms with Crippen LogP contribution in [0.25, 0.3) is 0 Å². The van der Waals surface area contributed by atoms with E-state index in [2.05, 4.69) is 24.1 Å². The molecule has 1 aliphatic rings. The summed E-state index contributed by atoms with van der Waals surface area (Å²) in [6.07, 6.45) is 2.44. The highest BCUT2D eigenvalue weighted by Gasteiger charge is 2.26. The van der Waals surface area contributed by atoms with Gasteiger partial charge in [0.05, 0.1) is 25.0 Å². The first-order valence-electron chi connectivity index (χ1n) is 8.13. The number of ether oxygens (including phenoxy) is 1. The van der Waals surface area contributed by atoms with Gasteiger partial charge in [0.2, 0.25) is 15.9 Å². The Labute approximate surface area is 147 Å². The van der Waals surface area contributed by atoms with Crippen molar-refractivity contribution >= 4 is 27.3 Å². The topological polar surface area (TPSA) is 88.6 Å². The third-order valence-electron chi connectivity index (χ3n) is 3.74. The van der Waals surface area contributed by atoms with Gasteiger partial charge in [-0.15, -0.1) is 11.3 Å². The number of carbonyl (C=O) groups is 1. The fourth-order valence-electron chi connectivity index (χ4n) is 2.54. The molecule has 0 radical (unpaired) electrons. The number of rotatable bonds is 8. The molecule has 1 fully saturated rings. The van der Waals surface area contributed by atoms with Gasteiger partial charge in [0.15, 0.2) is 0 Å². The summed E-state index contributed by atoms with van der Waals surface area (Å²) >= 11 is 1.50. The highest BCUT2D eigenvalue weighted by atomic mass is 32.2. The number of amides is 1. The second-order valence-corrected chi connectivity index (χ2v) is 9.21. The molecule has 1 aromatic rings. The number of nitrogens with zero attached hydrogens (tertiary/aromatic N) is 2. The summed E-state index contributed by atoms with van der Waals surface area (Å²) < 4.78 is 31.1. The van der Waals surface area contributed by atoms with Crippen LogP contribution in [0.1, 0.15) is 37.7 Å². The molecule has 1 unspecified atom stereocenters. The van der Waals surface area contributed by atoms with Gasteiger partial charge in [0, 0.05) is 31.1 Å². The first-order valence-corrected chi connectivity index (χ1v) is 10.6. The van der Waals surface area contributed by atoms with Crippen molar-refractivity contribution in [2.75, 3.05) is 32.1 Å². The first kappa shape index (κ1) is 19.3. The second kappa shape index (κ2) is 8.89. The highest BCUT2D eigenvalue weighted by molar-refractivity contribution is 7.89. The van der Waals surface area contributed by atoms with Crippen LogP contribution in [-0.4, -0.2) is 55.7 Å². The lowest BCUT2D eigenvalue weighted by molar-refractivity contribution is -0.121. The molecule has 0 spiro atoms. The van der Waals surface area contributed by atoms with Crippen molar-refractivity contribution in [2.24, 2.45) is 5.92 Å². The van der Waals surface area contributed by atoms with E-state index in [1.807, 2.05) is 5.38 Å². The van der Waals surface area contributed by atoms with Crippen molar-refractivity contribution in [3.05, 3.63) is 16.6 Å². The van der Waals surface area contributed by atoms with Crippen LogP contribution in [0.15, 0.2) is 11.6 Å². The molecule has 7 nitrogen and oxygen atoms in total. The largest absolute Gasteiger partial charge is 0.379 e. The smallest absolute Gasteiger partial charge is 0.221 e. The number of aromatic nitrogens is 1. The minimum atomic E-state index is -3.41. The minimum absolute atomic E-state index is 0.0420. The summed E-state index contributed by atoms with van der Waals surface area (Å²) in [5.74, 6) is -0.0329. The molecule has 0 bridgehead atoms. The SMILES string of the molecule is CC(C)CC(NC(=O)CCS(=O)(=O)N1CCOCC1)c1nccs1. The molecule has 1 atom stereocenters. The summed E-state index contributed by atoms with van der Waals surface area (Å²) in [6, 6.07) is -0.163.